The fourth-order valence-corrected chi connectivity index (χ4v) is 6.45. The topological polar surface area (TPSA) is 120 Å². The Morgan fingerprint density at radius 3 is 2.52 bits per heavy atom. The first-order valence-corrected chi connectivity index (χ1v) is 15.5. The van der Waals surface area contributed by atoms with E-state index >= 15 is 0 Å². The summed E-state index contributed by atoms with van der Waals surface area (Å²) in [7, 11) is 5.35. The molecule has 2 heterocycles. The molecule has 0 amide bonds. The number of benzene rings is 3. The second kappa shape index (κ2) is 13.6. The predicted octanol–water partition coefficient (Wildman–Crippen LogP) is 4.80. The van der Waals surface area contributed by atoms with E-state index in [0.29, 0.717) is 37.5 Å². The van der Waals surface area contributed by atoms with E-state index in [9.17, 15) is 19.5 Å². The molecule has 46 heavy (non-hydrogen) atoms. The summed E-state index contributed by atoms with van der Waals surface area (Å²) in [4.78, 5) is 45.6. The number of carbonyl (C=O) groups excluding carboxylic acids is 1. The molecule has 0 saturated carbocycles. The van der Waals surface area contributed by atoms with Crippen molar-refractivity contribution in [2.45, 2.75) is 26.5 Å². The Morgan fingerprint density at radius 1 is 1.13 bits per heavy atom. The highest BCUT2D eigenvalue weighted by atomic mass is 35.5. The second-order valence-corrected chi connectivity index (χ2v) is 12.0. The van der Waals surface area contributed by atoms with Gasteiger partial charge in [0.1, 0.15) is 6.61 Å². The van der Waals surface area contributed by atoms with Gasteiger partial charge < -0.3 is 24.2 Å². The summed E-state index contributed by atoms with van der Waals surface area (Å²) in [6, 6.07) is 16.7. The van der Waals surface area contributed by atoms with Crippen molar-refractivity contribution in [3.05, 3.63) is 119 Å². The molecule has 0 bridgehead atoms. The smallest absolute Gasteiger partial charge is 0.338 e. The summed E-state index contributed by atoms with van der Waals surface area (Å²) in [5.41, 5.74) is 3.55. The van der Waals surface area contributed by atoms with Gasteiger partial charge in [0.15, 0.2) is 16.3 Å². The Morgan fingerprint density at radius 2 is 1.87 bits per heavy atom. The molecule has 1 N–H and O–H groups in total. The molecular formula is C34H32ClN3O7S. The van der Waals surface area contributed by atoms with Crippen LogP contribution in [0.5, 0.6) is 11.5 Å². The highest BCUT2D eigenvalue weighted by Crippen LogP contribution is 2.37. The lowest BCUT2D eigenvalue weighted by Crippen LogP contribution is -2.39. The number of nitrogens with zero attached hydrogens (tertiary/aromatic N) is 3. The maximum atomic E-state index is 14.0. The zero-order valence-electron chi connectivity index (χ0n) is 25.9. The van der Waals surface area contributed by atoms with Gasteiger partial charge in [-0.2, -0.15) is 0 Å². The van der Waals surface area contributed by atoms with Gasteiger partial charge >= 0.3 is 11.9 Å². The van der Waals surface area contributed by atoms with Crippen LogP contribution in [0.25, 0.3) is 6.08 Å². The van der Waals surface area contributed by atoms with E-state index < -0.39 is 18.0 Å². The van der Waals surface area contributed by atoms with Gasteiger partial charge in [-0.05, 0) is 73.0 Å². The number of hydrogen-bond donors (Lipinski definition) is 1. The number of rotatable bonds is 10. The average Bonchev–Trinajstić information content (AvgIpc) is 3.33. The van der Waals surface area contributed by atoms with Crippen LogP contribution in [-0.4, -0.2) is 49.4 Å². The van der Waals surface area contributed by atoms with Gasteiger partial charge in [0.2, 0.25) is 0 Å². The fourth-order valence-electron chi connectivity index (χ4n) is 5.13. The summed E-state index contributed by atoms with van der Waals surface area (Å²) in [5, 5.41) is 9.52. The predicted molar refractivity (Wildman–Crippen MR) is 177 cm³/mol. The van der Waals surface area contributed by atoms with Crippen molar-refractivity contribution in [1.82, 2.24) is 4.57 Å². The number of aromatic nitrogens is 1. The monoisotopic (exact) mass is 661 g/mol. The van der Waals surface area contributed by atoms with Crippen molar-refractivity contribution in [3.8, 4) is 11.5 Å². The van der Waals surface area contributed by atoms with E-state index in [4.69, 9.17) is 25.8 Å². The molecule has 0 aliphatic carbocycles. The lowest BCUT2D eigenvalue weighted by Gasteiger charge is -2.25. The van der Waals surface area contributed by atoms with E-state index in [1.165, 1.54) is 35.1 Å². The van der Waals surface area contributed by atoms with Crippen molar-refractivity contribution in [2.24, 2.45) is 4.99 Å². The van der Waals surface area contributed by atoms with Gasteiger partial charge in [0.25, 0.3) is 5.56 Å². The summed E-state index contributed by atoms with van der Waals surface area (Å²) in [5.74, 6) is -0.950. The first kappa shape index (κ1) is 32.5. The van der Waals surface area contributed by atoms with E-state index in [-0.39, 0.29) is 35.1 Å². The summed E-state index contributed by atoms with van der Waals surface area (Å²) in [6.07, 6.45) is 1.69. The molecule has 1 aliphatic rings. The van der Waals surface area contributed by atoms with E-state index in [1.54, 1.807) is 44.2 Å². The van der Waals surface area contributed by atoms with Crippen LogP contribution in [0.2, 0.25) is 5.02 Å². The van der Waals surface area contributed by atoms with E-state index in [1.807, 2.05) is 43.3 Å². The van der Waals surface area contributed by atoms with Crippen LogP contribution in [0.4, 0.5) is 5.69 Å². The number of methoxy groups -OCH3 is 1. The summed E-state index contributed by atoms with van der Waals surface area (Å²) >= 11 is 7.83. The number of thiazole rings is 1. The number of halogens is 1. The van der Waals surface area contributed by atoms with Gasteiger partial charge in [-0.15, -0.1) is 0 Å². The maximum Gasteiger partial charge on any atom is 0.338 e. The number of fused-ring (bicyclic) bond motifs is 1. The third-order valence-corrected chi connectivity index (χ3v) is 8.61. The minimum Gasteiger partial charge on any atom is -0.493 e. The van der Waals surface area contributed by atoms with Crippen LogP contribution in [-0.2, 0) is 16.1 Å². The highest BCUT2D eigenvalue weighted by Gasteiger charge is 2.33. The molecular weight excluding hydrogens is 630 g/mol. The van der Waals surface area contributed by atoms with Crippen molar-refractivity contribution in [3.63, 3.8) is 0 Å². The molecule has 1 aromatic heterocycles. The van der Waals surface area contributed by atoms with Gasteiger partial charge in [-0.1, -0.05) is 47.2 Å². The molecule has 0 saturated heterocycles. The molecule has 0 fully saturated rings. The Labute approximate surface area is 274 Å². The third kappa shape index (κ3) is 6.56. The molecule has 1 atom stereocenters. The standard InChI is InChI=1S/C34H32ClN3O7S/c1-6-44-33(42)28-19(2)36-34-38(29(28)22-10-12-24(13-11-22)37(3)4)31(39)27(46-34)17-21-15-25(35)30(26(16-21)43-5)45-18-20-8-7-9-23(14-20)32(40)41/h7-17,29H,6,18H2,1-5H3,(H,40,41)/b27-17+/t29-/m0/s1. The van der Waals surface area contributed by atoms with Gasteiger partial charge in [-0.3, -0.25) is 9.36 Å². The maximum absolute atomic E-state index is 14.0. The van der Waals surface area contributed by atoms with Crippen molar-refractivity contribution >= 4 is 46.6 Å². The number of hydrogen-bond acceptors (Lipinski definition) is 9. The normalized spacial score (nSPS) is 14.4. The van der Waals surface area contributed by atoms with Crippen LogP contribution in [0, 0.1) is 0 Å². The molecule has 12 heteroatoms. The summed E-state index contributed by atoms with van der Waals surface area (Å²) in [6.45, 7) is 3.72. The van der Waals surface area contributed by atoms with Gasteiger partial charge in [0.05, 0.1) is 46.1 Å². The molecule has 0 spiro atoms. The third-order valence-electron chi connectivity index (χ3n) is 7.35. The molecule has 5 rings (SSSR count). The lowest BCUT2D eigenvalue weighted by molar-refractivity contribution is -0.139. The Balaban J connectivity index is 1.55. The largest absolute Gasteiger partial charge is 0.493 e. The first-order valence-electron chi connectivity index (χ1n) is 14.3. The van der Waals surface area contributed by atoms with E-state index in [2.05, 4.69) is 4.99 Å². The number of carboxylic acid groups (broad SMARTS) is 1. The lowest BCUT2D eigenvalue weighted by atomic mass is 9.95. The van der Waals surface area contributed by atoms with Crippen LogP contribution in [0.1, 0.15) is 46.9 Å². The minimum atomic E-state index is -1.03. The molecule has 238 valence electrons. The average molecular weight is 662 g/mol. The zero-order valence-corrected chi connectivity index (χ0v) is 27.4. The summed E-state index contributed by atoms with van der Waals surface area (Å²) < 4.78 is 18.8. The first-order chi connectivity index (χ1) is 22.0. The highest BCUT2D eigenvalue weighted by molar-refractivity contribution is 7.07. The molecule has 0 radical (unpaired) electrons. The van der Waals surface area contributed by atoms with Gasteiger partial charge in [0, 0.05) is 19.8 Å². The number of carbonyl (C=O) groups is 2. The van der Waals surface area contributed by atoms with Crippen LogP contribution in [0.15, 0.2) is 81.7 Å². The Bertz CT molecular complexity index is 2030. The van der Waals surface area contributed by atoms with Crippen molar-refractivity contribution < 1.29 is 28.9 Å². The molecule has 0 unspecified atom stereocenters. The van der Waals surface area contributed by atoms with Crippen LogP contribution >= 0.6 is 22.9 Å². The minimum absolute atomic E-state index is 0.0623. The number of anilines is 1. The zero-order chi connectivity index (χ0) is 33.1. The van der Waals surface area contributed by atoms with Crippen LogP contribution in [0.3, 0.4) is 0 Å². The number of esters is 1. The van der Waals surface area contributed by atoms with E-state index in [0.717, 1.165) is 11.3 Å². The fraction of sp³-hybridized carbons (Fsp3) is 0.235. The molecule has 10 nitrogen and oxygen atoms in total. The molecule has 4 aromatic rings. The second-order valence-electron chi connectivity index (χ2n) is 10.6. The number of allylic oxidation sites excluding steroid dienone is 1. The molecule has 1 aliphatic heterocycles. The van der Waals surface area contributed by atoms with Crippen LogP contribution < -0.4 is 29.3 Å². The molecule has 3 aromatic carbocycles. The van der Waals surface area contributed by atoms with Crippen molar-refractivity contribution in [2.75, 3.05) is 32.7 Å². The quantitative estimate of drug-likeness (QED) is 0.241. The number of carboxylic acids is 1. The van der Waals surface area contributed by atoms with Crippen molar-refractivity contribution in [1.29, 1.82) is 0 Å². The SMILES string of the molecule is CCOC(=O)C1=C(C)N=c2s/c(=C/c3cc(Cl)c(OCc4cccc(C(=O)O)c4)c(OC)c3)c(=O)n2[C@H]1c1ccc(N(C)C)cc1. The Kier molecular flexibility index (Phi) is 9.64. The van der Waals surface area contributed by atoms with Gasteiger partial charge in [-0.25, -0.2) is 14.6 Å². The number of ether oxygens (including phenoxy) is 3. The number of aromatic carboxylic acids is 1. The Hall–Kier alpha value is -4.87.